The van der Waals surface area contributed by atoms with Gasteiger partial charge >= 0.3 is 6.03 Å². The van der Waals surface area contributed by atoms with Crippen LogP contribution < -0.4 is 5.32 Å². The minimum atomic E-state index is -0.00525. The number of phenols is 1. The van der Waals surface area contributed by atoms with Gasteiger partial charge in [-0.25, -0.2) is 4.79 Å². The zero-order valence-electron chi connectivity index (χ0n) is 8.44. The van der Waals surface area contributed by atoms with Gasteiger partial charge in [-0.1, -0.05) is 12.1 Å². The van der Waals surface area contributed by atoms with Crippen LogP contribution in [0.1, 0.15) is 12.0 Å². The molecule has 1 fully saturated rings. The molecule has 0 spiro atoms. The normalized spacial score (nSPS) is 14.5. The van der Waals surface area contributed by atoms with Crippen LogP contribution in [0.25, 0.3) is 0 Å². The number of aromatic hydroxyl groups is 1. The summed E-state index contributed by atoms with van der Waals surface area (Å²) in [5.74, 6) is 0.243. The van der Waals surface area contributed by atoms with E-state index in [2.05, 4.69) is 5.32 Å². The van der Waals surface area contributed by atoms with Gasteiger partial charge in [0.05, 0.1) is 0 Å². The monoisotopic (exact) mass is 206 g/mol. The smallest absolute Gasteiger partial charge is 0.317 e. The Kier molecular flexibility index (Phi) is 2.76. The molecular weight excluding hydrogens is 192 g/mol. The number of carbonyl (C=O) groups excluding carboxylic acids is 1. The summed E-state index contributed by atoms with van der Waals surface area (Å²) in [5, 5.41) is 11.9. The molecule has 2 amide bonds. The summed E-state index contributed by atoms with van der Waals surface area (Å²) in [6.07, 6.45) is 1.10. The van der Waals surface area contributed by atoms with Gasteiger partial charge in [0, 0.05) is 19.6 Å². The first kappa shape index (κ1) is 9.83. The lowest BCUT2D eigenvalue weighted by atomic mass is 10.2. The molecule has 1 aliphatic heterocycles. The molecule has 1 aromatic rings. The van der Waals surface area contributed by atoms with E-state index in [-0.39, 0.29) is 11.8 Å². The molecule has 0 aromatic heterocycles. The number of hydrogen-bond acceptors (Lipinski definition) is 2. The highest BCUT2D eigenvalue weighted by molar-refractivity contribution is 5.74. The Morgan fingerprint density at radius 1 is 1.33 bits per heavy atom. The van der Waals surface area contributed by atoms with E-state index in [4.69, 9.17) is 5.11 Å². The van der Waals surface area contributed by atoms with Crippen molar-refractivity contribution in [3.05, 3.63) is 29.8 Å². The number of nitrogens with one attached hydrogen (secondary N) is 1. The molecular formula is C11H14N2O2. The van der Waals surface area contributed by atoms with Gasteiger partial charge in [0.1, 0.15) is 5.75 Å². The van der Waals surface area contributed by atoms with Crippen LogP contribution in [0.2, 0.25) is 0 Å². The summed E-state index contributed by atoms with van der Waals surface area (Å²) in [5.41, 5.74) is 0.988. The van der Waals surface area contributed by atoms with Gasteiger partial charge in [0.25, 0.3) is 0 Å². The Balaban J connectivity index is 1.82. The van der Waals surface area contributed by atoms with Gasteiger partial charge in [0.2, 0.25) is 0 Å². The molecule has 80 valence electrons. The molecule has 1 saturated heterocycles. The summed E-state index contributed by atoms with van der Waals surface area (Å²) in [4.78, 5) is 13.2. The zero-order chi connectivity index (χ0) is 10.7. The summed E-state index contributed by atoms with van der Waals surface area (Å²) in [6, 6.07) is 6.82. The molecule has 2 rings (SSSR count). The third kappa shape index (κ3) is 2.40. The second-order valence-electron chi connectivity index (χ2n) is 3.67. The summed E-state index contributed by atoms with van der Waals surface area (Å²) < 4.78 is 0. The number of likely N-dealkylation sites (tertiary alicyclic amines) is 1. The molecule has 0 unspecified atom stereocenters. The topological polar surface area (TPSA) is 52.6 Å². The second kappa shape index (κ2) is 4.21. The van der Waals surface area contributed by atoms with Crippen molar-refractivity contribution in [1.82, 2.24) is 10.2 Å². The molecule has 2 N–H and O–H groups in total. The van der Waals surface area contributed by atoms with Gasteiger partial charge in [-0.15, -0.1) is 0 Å². The van der Waals surface area contributed by atoms with Gasteiger partial charge in [-0.2, -0.15) is 0 Å². The quantitative estimate of drug-likeness (QED) is 0.766. The molecule has 1 heterocycles. The fraction of sp³-hybridized carbons (Fsp3) is 0.364. The fourth-order valence-electron chi connectivity index (χ4n) is 1.42. The Morgan fingerprint density at radius 3 is 2.53 bits per heavy atom. The number of carbonyl (C=O) groups is 1. The zero-order valence-corrected chi connectivity index (χ0v) is 8.44. The number of benzene rings is 1. The molecule has 0 saturated carbocycles. The Morgan fingerprint density at radius 2 is 2.00 bits per heavy atom. The highest BCUT2D eigenvalue weighted by Crippen LogP contribution is 2.10. The predicted molar refractivity (Wildman–Crippen MR) is 56.5 cm³/mol. The maximum atomic E-state index is 11.4. The molecule has 4 heteroatoms. The van der Waals surface area contributed by atoms with Crippen molar-refractivity contribution < 1.29 is 9.90 Å². The van der Waals surface area contributed by atoms with Crippen LogP contribution in [0.5, 0.6) is 5.75 Å². The maximum Gasteiger partial charge on any atom is 0.317 e. The van der Waals surface area contributed by atoms with Crippen molar-refractivity contribution in [2.75, 3.05) is 13.1 Å². The van der Waals surface area contributed by atoms with Crippen LogP contribution in [0.15, 0.2) is 24.3 Å². The van der Waals surface area contributed by atoms with Crippen molar-refractivity contribution in [2.24, 2.45) is 0 Å². The van der Waals surface area contributed by atoms with E-state index in [0.29, 0.717) is 6.54 Å². The third-order valence-electron chi connectivity index (χ3n) is 2.52. The molecule has 0 radical (unpaired) electrons. The molecule has 15 heavy (non-hydrogen) atoms. The van der Waals surface area contributed by atoms with Crippen molar-refractivity contribution in [2.45, 2.75) is 13.0 Å². The van der Waals surface area contributed by atoms with Gasteiger partial charge < -0.3 is 15.3 Å². The summed E-state index contributed by atoms with van der Waals surface area (Å²) in [7, 11) is 0. The van der Waals surface area contributed by atoms with Crippen LogP contribution in [0.4, 0.5) is 4.79 Å². The number of urea groups is 1. The first-order valence-electron chi connectivity index (χ1n) is 5.06. The lowest BCUT2D eigenvalue weighted by molar-refractivity contribution is 0.167. The summed E-state index contributed by atoms with van der Waals surface area (Å²) in [6.45, 7) is 2.23. The lowest BCUT2D eigenvalue weighted by Crippen LogP contribution is -2.47. The Bertz CT molecular complexity index is 344. The van der Waals surface area contributed by atoms with Crippen molar-refractivity contribution >= 4 is 6.03 Å². The Hall–Kier alpha value is -1.71. The van der Waals surface area contributed by atoms with Crippen LogP contribution in [-0.2, 0) is 6.54 Å². The van der Waals surface area contributed by atoms with Crippen LogP contribution in [0, 0.1) is 0 Å². The maximum absolute atomic E-state index is 11.4. The predicted octanol–water partition coefficient (Wildman–Crippen LogP) is 1.31. The molecule has 4 nitrogen and oxygen atoms in total. The van der Waals surface area contributed by atoms with E-state index >= 15 is 0 Å². The fourth-order valence-corrected chi connectivity index (χ4v) is 1.42. The van der Waals surface area contributed by atoms with Crippen LogP contribution in [-0.4, -0.2) is 29.1 Å². The standard InChI is InChI=1S/C11H14N2O2/c14-10-4-2-9(3-5-10)8-12-11(15)13-6-1-7-13/h2-5,14H,1,6-8H2,(H,12,15). The summed E-state index contributed by atoms with van der Waals surface area (Å²) >= 11 is 0. The van der Waals surface area contributed by atoms with E-state index < -0.39 is 0 Å². The van der Waals surface area contributed by atoms with E-state index in [1.165, 1.54) is 0 Å². The van der Waals surface area contributed by atoms with Crippen LogP contribution >= 0.6 is 0 Å². The number of amides is 2. The SMILES string of the molecule is O=C(NCc1ccc(O)cc1)N1CCC1. The first-order valence-corrected chi connectivity index (χ1v) is 5.06. The lowest BCUT2D eigenvalue weighted by Gasteiger charge is -2.30. The van der Waals surface area contributed by atoms with Crippen molar-refractivity contribution in [3.63, 3.8) is 0 Å². The van der Waals surface area contributed by atoms with Gasteiger partial charge in [-0.05, 0) is 24.1 Å². The van der Waals surface area contributed by atoms with Crippen molar-refractivity contribution in [3.8, 4) is 5.75 Å². The molecule has 1 aliphatic rings. The first-order chi connectivity index (χ1) is 7.25. The highest BCUT2D eigenvalue weighted by Gasteiger charge is 2.19. The number of rotatable bonds is 2. The third-order valence-corrected chi connectivity index (χ3v) is 2.52. The minimum Gasteiger partial charge on any atom is -0.508 e. The van der Waals surface area contributed by atoms with E-state index in [1.54, 1.807) is 29.2 Å². The van der Waals surface area contributed by atoms with Gasteiger partial charge in [0.15, 0.2) is 0 Å². The molecule has 0 atom stereocenters. The minimum absolute atomic E-state index is 0.00525. The average Bonchev–Trinajstić information content (AvgIpc) is 2.14. The van der Waals surface area contributed by atoms with Crippen molar-refractivity contribution in [1.29, 1.82) is 0 Å². The number of nitrogens with zero attached hydrogens (tertiary/aromatic N) is 1. The Labute approximate surface area is 88.5 Å². The molecule has 0 bridgehead atoms. The largest absolute Gasteiger partial charge is 0.508 e. The molecule has 0 aliphatic carbocycles. The highest BCUT2D eigenvalue weighted by atomic mass is 16.3. The van der Waals surface area contributed by atoms with E-state index in [9.17, 15) is 4.79 Å². The second-order valence-corrected chi connectivity index (χ2v) is 3.67. The van der Waals surface area contributed by atoms with Gasteiger partial charge in [-0.3, -0.25) is 0 Å². The van der Waals surface area contributed by atoms with E-state index in [1.807, 2.05) is 0 Å². The van der Waals surface area contributed by atoms with Crippen LogP contribution in [0.3, 0.4) is 0 Å². The average molecular weight is 206 g/mol. The van der Waals surface area contributed by atoms with E-state index in [0.717, 1.165) is 25.1 Å². The number of phenolic OH excluding ortho intramolecular Hbond substituents is 1. The number of hydrogen-bond donors (Lipinski definition) is 2. The molecule has 1 aromatic carbocycles.